The first-order valence-corrected chi connectivity index (χ1v) is 13.9. The second-order valence-electron chi connectivity index (χ2n) is 9.83. The van der Waals surface area contributed by atoms with Crippen LogP contribution in [0.2, 0.25) is 0 Å². The summed E-state index contributed by atoms with van der Waals surface area (Å²) < 4.78 is 24.1. The highest BCUT2D eigenvalue weighted by Crippen LogP contribution is 2.43. The number of fused-ring (bicyclic) bond motifs is 3. The standard InChI is InChI=1S/C24H24FN7O.C2H4O3.C2H6O.CH5N.CH2O/c1-30-12-16(22(25)29-30)20-18(13-7-9-14(26)10-8-13)19-21-17(11-27-23(19)28-20)31(2)24(33)32(21)15-5-3-4-6-15;3-1-2(4)5;1-3-2;2*1-2/h7-12,15H,3-6,26H2,1-2H3,(H,27,28);3H,1H2,(H,4,5);1-2H3;2H2,1H3;1H2. The summed E-state index contributed by atoms with van der Waals surface area (Å²) in [5.74, 6) is -1.76. The lowest BCUT2D eigenvalue weighted by Crippen LogP contribution is -2.24. The first kappa shape index (κ1) is 36.3. The van der Waals surface area contributed by atoms with Gasteiger partial charge >= 0.3 is 11.7 Å². The molecule has 15 heteroatoms. The molecular weight excluding hydrogens is 587 g/mol. The lowest BCUT2D eigenvalue weighted by molar-refractivity contribution is -0.140. The minimum absolute atomic E-state index is 0.0511. The third-order valence-corrected chi connectivity index (χ3v) is 6.95. The second kappa shape index (κ2) is 16.8. The number of nitrogens with two attached hydrogens (primary N) is 2. The number of nitrogens with one attached hydrogen (secondary N) is 1. The number of ether oxygens (including phenoxy) is 1. The number of nitrogen functional groups attached to an aromatic ring is 1. The Hall–Kier alpha value is -4.86. The lowest BCUT2D eigenvalue weighted by atomic mass is 9.99. The van der Waals surface area contributed by atoms with E-state index in [1.54, 1.807) is 45.3 Å². The summed E-state index contributed by atoms with van der Waals surface area (Å²) in [7, 11) is 8.21. The number of carboxylic acid groups (broad SMARTS) is 1. The molecule has 0 atom stereocenters. The van der Waals surface area contributed by atoms with E-state index in [1.807, 2.05) is 35.6 Å². The van der Waals surface area contributed by atoms with Crippen LogP contribution in [-0.2, 0) is 28.4 Å². The molecule has 5 aromatic rings. The Bertz CT molecular complexity index is 1750. The minimum atomic E-state index is -1.19. The van der Waals surface area contributed by atoms with E-state index >= 15 is 0 Å². The Balaban J connectivity index is 0.000000515. The van der Waals surface area contributed by atoms with E-state index in [0.29, 0.717) is 22.6 Å². The first-order chi connectivity index (χ1) is 21.6. The molecule has 6 rings (SSSR count). The van der Waals surface area contributed by atoms with Gasteiger partial charge in [-0.15, -0.1) is 5.10 Å². The molecule has 244 valence electrons. The van der Waals surface area contributed by atoms with Crippen molar-refractivity contribution in [2.45, 2.75) is 31.7 Å². The van der Waals surface area contributed by atoms with Crippen molar-refractivity contribution in [3.05, 3.63) is 53.1 Å². The molecule has 0 bridgehead atoms. The maximum Gasteiger partial charge on any atom is 0.329 e. The Morgan fingerprint density at radius 3 is 2.20 bits per heavy atom. The number of hydrogen-bond donors (Lipinski definition) is 5. The van der Waals surface area contributed by atoms with Crippen LogP contribution in [0, 0.1) is 5.95 Å². The number of imidazole rings is 1. The van der Waals surface area contributed by atoms with Gasteiger partial charge in [-0.1, -0.05) is 25.0 Å². The van der Waals surface area contributed by atoms with Gasteiger partial charge in [0.25, 0.3) is 0 Å². The molecule has 1 fully saturated rings. The monoisotopic (exact) mass is 628 g/mol. The van der Waals surface area contributed by atoms with Gasteiger partial charge in [-0.2, -0.15) is 4.39 Å². The Kier molecular flexibility index (Phi) is 13.6. The number of aromatic nitrogens is 6. The number of halogens is 1. The zero-order chi connectivity index (χ0) is 33.8. The Morgan fingerprint density at radius 1 is 1.16 bits per heavy atom. The number of nitrogens with zero attached hydrogens (tertiary/aromatic N) is 5. The number of aromatic amines is 1. The highest BCUT2D eigenvalue weighted by atomic mass is 19.1. The fourth-order valence-corrected chi connectivity index (χ4v) is 5.25. The summed E-state index contributed by atoms with van der Waals surface area (Å²) >= 11 is 0. The quantitative estimate of drug-likeness (QED) is 0.184. The van der Waals surface area contributed by atoms with Crippen LogP contribution in [0.25, 0.3) is 44.5 Å². The van der Waals surface area contributed by atoms with Gasteiger partial charge in [0.2, 0.25) is 5.95 Å². The number of anilines is 1. The largest absolute Gasteiger partial charge is 0.480 e. The zero-order valence-electron chi connectivity index (χ0n) is 26.1. The number of pyridine rings is 1. The van der Waals surface area contributed by atoms with Crippen LogP contribution in [0.1, 0.15) is 31.7 Å². The molecular formula is C30H41FN8O6. The number of aliphatic hydroxyl groups is 1. The maximum absolute atomic E-state index is 14.8. The molecule has 0 amide bonds. The van der Waals surface area contributed by atoms with Crippen molar-refractivity contribution in [3.8, 4) is 22.4 Å². The van der Waals surface area contributed by atoms with E-state index in [4.69, 9.17) is 25.5 Å². The second-order valence-corrected chi connectivity index (χ2v) is 9.83. The Labute approximate surface area is 259 Å². The smallest absolute Gasteiger partial charge is 0.329 e. The molecule has 7 N–H and O–H groups in total. The van der Waals surface area contributed by atoms with Crippen molar-refractivity contribution in [1.29, 1.82) is 0 Å². The number of aliphatic carboxylic acids is 1. The summed E-state index contributed by atoms with van der Waals surface area (Å²) in [5.41, 5.74) is 15.8. The van der Waals surface area contributed by atoms with Crippen LogP contribution in [0.5, 0.6) is 0 Å². The van der Waals surface area contributed by atoms with Gasteiger partial charge < -0.3 is 36.2 Å². The molecule has 14 nitrogen and oxygen atoms in total. The van der Waals surface area contributed by atoms with Gasteiger partial charge in [0.15, 0.2) is 0 Å². The van der Waals surface area contributed by atoms with Crippen LogP contribution in [-0.4, -0.2) is 79.7 Å². The molecule has 0 spiro atoms. The number of hydrogen-bond acceptors (Lipinski definition) is 9. The Morgan fingerprint density at radius 2 is 1.71 bits per heavy atom. The van der Waals surface area contributed by atoms with Crippen LogP contribution >= 0.6 is 0 Å². The normalized spacial score (nSPS) is 12.3. The van der Waals surface area contributed by atoms with E-state index in [2.05, 4.69) is 25.5 Å². The van der Waals surface area contributed by atoms with Gasteiger partial charge in [0, 0.05) is 51.8 Å². The van der Waals surface area contributed by atoms with Gasteiger partial charge in [-0.05, 0) is 37.6 Å². The molecule has 0 saturated heterocycles. The minimum Gasteiger partial charge on any atom is -0.480 e. The molecule has 1 aromatic carbocycles. The highest BCUT2D eigenvalue weighted by Gasteiger charge is 2.28. The molecule has 45 heavy (non-hydrogen) atoms. The SMILES string of the molecule is C=O.CN.COC.Cn1cc(-c2[nH]c3ncc4c(c3c2-c2ccc(N)cc2)n(C2CCCC2)c(=O)n4C)c(F)n1.O=C(O)CO. The summed E-state index contributed by atoms with van der Waals surface area (Å²) in [6.07, 6.45) is 7.50. The predicted octanol–water partition coefficient (Wildman–Crippen LogP) is 2.84. The van der Waals surface area contributed by atoms with Crippen molar-refractivity contribution in [2.24, 2.45) is 19.8 Å². The average molecular weight is 629 g/mol. The summed E-state index contributed by atoms with van der Waals surface area (Å²) in [5, 5.41) is 19.7. The summed E-state index contributed by atoms with van der Waals surface area (Å²) in [6.45, 7) is 1.22. The van der Waals surface area contributed by atoms with Crippen LogP contribution in [0.3, 0.4) is 0 Å². The van der Waals surface area contributed by atoms with E-state index in [-0.39, 0.29) is 11.7 Å². The molecule has 0 aliphatic heterocycles. The predicted molar refractivity (Wildman–Crippen MR) is 171 cm³/mol. The number of carboxylic acids is 1. The number of benzene rings is 1. The summed E-state index contributed by atoms with van der Waals surface area (Å²) in [6, 6.07) is 7.60. The number of carbonyl (C=O) groups excluding carboxylic acids is 1. The average Bonchev–Trinajstić information content (AvgIpc) is 3.82. The van der Waals surface area contributed by atoms with Crippen molar-refractivity contribution in [1.82, 2.24) is 28.9 Å². The maximum atomic E-state index is 14.8. The van der Waals surface area contributed by atoms with Gasteiger partial charge in [0.05, 0.1) is 33.9 Å². The van der Waals surface area contributed by atoms with Crippen LogP contribution in [0.4, 0.5) is 10.1 Å². The van der Waals surface area contributed by atoms with Gasteiger partial charge in [0.1, 0.15) is 19.0 Å². The third-order valence-electron chi connectivity index (χ3n) is 6.95. The zero-order valence-corrected chi connectivity index (χ0v) is 26.1. The fraction of sp³-hybridized carbons (Fsp3) is 0.367. The fourth-order valence-electron chi connectivity index (χ4n) is 5.25. The highest BCUT2D eigenvalue weighted by molar-refractivity contribution is 6.14. The van der Waals surface area contributed by atoms with Crippen LogP contribution < -0.4 is 17.2 Å². The van der Waals surface area contributed by atoms with Crippen LogP contribution in [0.15, 0.2) is 41.5 Å². The van der Waals surface area contributed by atoms with E-state index < -0.39 is 18.5 Å². The summed E-state index contributed by atoms with van der Waals surface area (Å²) in [4.78, 5) is 38.4. The third kappa shape index (κ3) is 7.81. The number of carbonyl (C=O) groups is 2. The van der Waals surface area contributed by atoms with Crippen molar-refractivity contribution >= 4 is 40.5 Å². The van der Waals surface area contributed by atoms with Crippen molar-refractivity contribution < 1.29 is 28.9 Å². The van der Waals surface area contributed by atoms with E-state index in [0.717, 1.165) is 53.2 Å². The molecule has 4 aromatic heterocycles. The molecule has 1 aliphatic carbocycles. The molecule has 1 aliphatic rings. The molecule has 0 unspecified atom stereocenters. The topological polar surface area (TPSA) is 209 Å². The lowest BCUT2D eigenvalue weighted by Gasteiger charge is -2.13. The number of rotatable bonds is 4. The van der Waals surface area contributed by atoms with E-state index in [9.17, 15) is 9.18 Å². The molecule has 0 radical (unpaired) electrons. The molecule has 4 heterocycles. The van der Waals surface area contributed by atoms with E-state index in [1.165, 1.54) is 11.7 Å². The van der Waals surface area contributed by atoms with Crippen molar-refractivity contribution in [2.75, 3.05) is 33.6 Å². The first-order valence-electron chi connectivity index (χ1n) is 13.9. The number of aryl methyl sites for hydroxylation is 2. The number of H-pyrrole nitrogens is 1. The molecule has 1 saturated carbocycles. The van der Waals surface area contributed by atoms with Gasteiger partial charge in [-0.3, -0.25) is 13.8 Å². The van der Waals surface area contributed by atoms with Gasteiger partial charge in [-0.25, -0.2) is 14.6 Å². The number of methoxy groups -OCH3 is 1. The van der Waals surface area contributed by atoms with Crippen molar-refractivity contribution in [3.63, 3.8) is 0 Å². The number of aliphatic hydroxyl groups excluding tert-OH is 1.